The molecule has 236 valence electrons. The average Bonchev–Trinajstić information content (AvgIpc) is 3.68. The Morgan fingerprint density at radius 2 is 1.19 bits per heavy atom. The molecule has 0 bridgehead atoms. The fraction of sp³-hybridized carbons (Fsp3) is 0.583. The van der Waals surface area contributed by atoms with E-state index in [9.17, 15) is 40.2 Å². The molecule has 2 aromatic rings. The summed E-state index contributed by atoms with van der Waals surface area (Å²) in [5.41, 5.74) is -2.73. The van der Waals surface area contributed by atoms with Gasteiger partial charge in [0.25, 0.3) is 11.8 Å². The largest absolute Gasteiger partial charge is 0.394 e. The van der Waals surface area contributed by atoms with Crippen molar-refractivity contribution in [3.8, 4) is 0 Å². The fourth-order valence-corrected chi connectivity index (χ4v) is 6.00. The second-order valence-electron chi connectivity index (χ2n) is 9.70. The summed E-state index contributed by atoms with van der Waals surface area (Å²) >= 11 is 0.753. The zero-order chi connectivity index (χ0) is 31.3. The van der Waals surface area contributed by atoms with E-state index in [0.717, 1.165) is 21.1 Å². The Morgan fingerprint density at radius 1 is 0.791 bits per heavy atom. The predicted molar refractivity (Wildman–Crippen MR) is 146 cm³/mol. The summed E-state index contributed by atoms with van der Waals surface area (Å²) in [6, 6.07) is -2.50. The third-order valence-corrected chi connectivity index (χ3v) is 8.19. The Hall–Kier alpha value is -3.27. The minimum atomic E-state index is -1.55. The van der Waals surface area contributed by atoms with Gasteiger partial charge in [-0.1, -0.05) is 34.3 Å². The van der Waals surface area contributed by atoms with Crippen LogP contribution in [0.4, 0.5) is 0 Å². The Kier molecular flexibility index (Phi) is 11.0. The van der Waals surface area contributed by atoms with Crippen LogP contribution >= 0.6 is 11.8 Å². The topological polar surface area (TPSA) is 259 Å². The molecule has 8 N–H and O–H groups in total. The van der Waals surface area contributed by atoms with E-state index in [0.29, 0.717) is 0 Å². The van der Waals surface area contributed by atoms with E-state index in [4.69, 9.17) is 9.47 Å². The van der Waals surface area contributed by atoms with Gasteiger partial charge in [-0.05, 0) is 0 Å². The molecule has 2 aliphatic rings. The monoisotopic (exact) mass is 626 g/mol. The molecular formula is C24H34N8O10S. The minimum Gasteiger partial charge on any atom is -0.394 e. The van der Waals surface area contributed by atoms with Crippen molar-refractivity contribution in [3.05, 3.63) is 49.1 Å². The molecule has 10 atom stereocenters. The smallest absolute Gasteiger partial charge is 0.273 e. The molecule has 0 radical (unpaired) electrons. The van der Waals surface area contributed by atoms with Crippen LogP contribution < -0.4 is 10.6 Å². The SMILES string of the molecule is C=CCNC(=O)c1cn([C@H]2[C@@H](O)[C@@H](CO)O[C@@H](S[C@@H]3O[C@H](CO)[C@H](O)[C@H](n4cc(C(=O)NCC=C)nn4)[C@H]3O)[C@@H]2O)nn1. The number of aliphatic hydroxyl groups excluding tert-OH is 6. The van der Waals surface area contributed by atoms with Gasteiger partial charge in [0.1, 0.15) is 59.6 Å². The maximum absolute atomic E-state index is 12.3. The first kappa shape index (κ1) is 32.6. The molecule has 2 aromatic heterocycles. The number of amides is 2. The maximum atomic E-state index is 12.3. The summed E-state index contributed by atoms with van der Waals surface area (Å²) < 4.78 is 13.6. The van der Waals surface area contributed by atoms with E-state index < -0.39 is 84.6 Å². The van der Waals surface area contributed by atoms with E-state index >= 15 is 0 Å². The molecule has 2 amide bonds. The molecule has 0 spiro atoms. The van der Waals surface area contributed by atoms with Gasteiger partial charge in [-0.25, -0.2) is 9.36 Å². The van der Waals surface area contributed by atoms with E-state index in [1.54, 1.807) is 0 Å². The number of hydrogen-bond acceptors (Lipinski definition) is 15. The Balaban J connectivity index is 1.56. The number of thioether (sulfide) groups is 1. The van der Waals surface area contributed by atoms with Crippen LogP contribution in [0.1, 0.15) is 33.1 Å². The number of aliphatic hydroxyl groups is 6. The highest BCUT2D eigenvalue weighted by Crippen LogP contribution is 2.41. The van der Waals surface area contributed by atoms with Crippen LogP contribution in [0.25, 0.3) is 0 Å². The lowest BCUT2D eigenvalue weighted by Gasteiger charge is -2.46. The number of carbonyl (C=O) groups excluding carboxylic acids is 2. The molecule has 18 nitrogen and oxygen atoms in total. The lowest BCUT2D eigenvalue weighted by molar-refractivity contribution is -0.189. The van der Waals surface area contributed by atoms with Crippen LogP contribution in [0.5, 0.6) is 0 Å². The Morgan fingerprint density at radius 3 is 1.53 bits per heavy atom. The number of carbonyl (C=O) groups is 2. The number of aromatic nitrogens is 6. The molecule has 4 rings (SSSR count). The molecule has 2 fully saturated rings. The van der Waals surface area contributed by atoms with Gasteiger partial charge in [0, 0.05) is 13.1 Å². The van der Waals surface area contributed by atoms with Gasteiger partial charge in [0.2, 0.25) is 0 Å². The standard InChI is InChI=1S/C24H34N8O10S/c1-3-5-25-21(39)11-7-31(29-27-11)15-17(35)13(9-33)41-23(19(15)37)43-24-20(38)16(18(36)14(10-34)42-24)32-8-12(28-30-32)22(40)26-6-4-2/h3-4,7-8,13-20,23-24,33-38H,1-2,5-6,9-10H2,(H,25,39)(H,26,40)/t13-,14-,15+,16+,17+,18+,19-,20-,23+,24+/m1/s1. The first-order chi connectivity index (χ1) is 20.6. The molecule has 0 aromatic carbocycles. The molecule has 0 aliphatic carbocycles. The summed E-state index contributed by atoms with van der Waals surface area (Å²) in [7, 11) is 0. The van der Waals surface area contributed by atoms with Crippen molar-refractivity contribution < 1.29 is 49.7 Å². The molecule has 0 unspecified atom stereocenters. The van der Waals surface area contributed by atoms with Crippen molar-refractivity contribution in [2.45, 2.75) is 59.6 Å². The normalized spacial score (nSPS) is 32.6. The van der Waals surface area contributed by atoms with Crippen LogP contribution in [-0.2, 0) is 9.47 Å². The van der Waals surface area contributed by atoms with Crippen molar-refractivity contribution in [2.24, 2.45) is 0 Å². The molecule has 0 saturated carbocycles. The Labute approximate surface area is 249 Å². The summed E-state index contributed by atoms with van der Waals surface area (Å²) in [5.74, 6) is -1.14. The van der Waals surface area contributed by atoms with Gasteiger partial charge in [-0.3, -0.25) is 9.59 Å². The van der Waals surface area contributed by atoms with Crippen molar-refractivity contribution in [3.63, 3.8) is 0 Å². The minimum absolute atomic E-state index is 0.100. The zero-order valence-corrected chi connectivity index (χ0v) is 23.5. The summed E-state index contributed by atoms with van der Waals surface area (Å²) in [5, 5.41) is 84.4. The molecule has 2 saturated heterocycles. The molecular weight excluding hydrogens is 592 g/mol. The highest BCUT2D eigenvalue weighted by molar-refractivity contribution is 8.00. The number of nitrogens with zero attached hydrogens (tertiary/aromatic N) is 6. The fourth-order valence-electron chi connectivity index (χ4n) is 4.68. The summed E-state index contributed by atoms with van der Waals surface area (Å²) in [6.07, 6.45) is -3.15. The first-order valence-electron chi connectivity index (χ1n) is 13.2. The molecule has 19 heteroatoms. The highest BCUT2D eigenvalue weighted by Gasteiger charge is 2.51. The second kappa shape index (κ2) is 14.5. The van der Waals surface area contributed by atoms with E-state index in [1.807, 2.05) is 0 Å². The summed E-state index contributed by atoms with van der Waals surface area (Å²) in [6.45, 7) is 6.05. The number of hydrogen-bond donors (Lipinski definition) is 8. The molecule has 4 heterocycles. The van der Waals surface area contributed by atoms with Crippen LogP contribution in [0.15, 0.2) is 37.7 Å². The van der Waals surface area contributed by atoms with Crippen LogP contribution in [0.3, 0.4) is 0 Å². The van der Waals surface area contributed by atoms with Crippen LogP contribution in [0.2, 0.25) is 0 Å². The molecule has 43 heavy (non-hydrogen) atoms. The van der Waals surface area contributed by atoms with Gasteiger partial charge in [0.05, 0.1) is 25.6 Å². The van der Waals surface area contributed by atoms with Gasteiger partial charge in [-0.15, -0.1) is 23.4 Å². The second-order valence-corrected chi connectivity index (χ2v) is 10.9. The van der Waals surface area contributed by atoms with Gasteiger partial charge >= 0.3 is 0 Å². The summed E-state index contributed by atoms with van der Waals surface area (Å²) in [4.78, 5) is 24.5. The van der Waals surface area contributed by atoms with Crippen LogP contribution in [-0.4, -0.2) is 146 Å². The lowest BCUT2D eigenvalue weighted by Crippen LogP contribution is -2.58. The van der Waals surface area contributed by atoms with Gasteiger partial charge in [-0.2, -0.15) is 0 Å². The van der Waals surface area contributed by atoms with Gasteiger partial charge in [0.15, 0.2) is 11.4 Å². The number of ether oxygens (including phenoxy) is 2. The highest BCUT2D eigenvalue weighted by atomic mass is 32.2. The van der Waals surface area contributed by atoms with E-state index in [-0.39, 0.29) is 24.5 Å². The number of rotatable bonds is 12. The first-order valence-corrected chi connectivity index (χ1v) is 14.1. The third-order valence-electron chi connectivity index (χ3n) is 6.88. The quantitative estimate of drug-likeness (QED) is 0.105. The van der Waals surface area contributed by atoms with E-state index in [2.05, 4.69) is 44.4 Å². The number of nitrogens with one attached hydrogen (secondary N) is 2. The third kappa shape index (κ3) is 6.95. The average molecular weight is 627 g/mol. The van der Waals surface area contributed by atoms with Crippen molar-refractivity contribution >= 4 is 23.6 Å². The Bertz CT molecular complexity index is 1180. The van der Waals surface area contributed by atoms with Crippen molar-refractivity contribution in [2.75, 3.05) is 26.3 Å². The van der Waals surface area contributed by atoms with Crippen molar-refractivity contribution in [1.82, 2.24) is 40.6 Å². The zero-order valence-electron chi connectivity index (χ0n) is 22.7. The van der Waals surface area contributed by atoms with Crippen LogP contribution in [0, 0.1) is 0 Å². The van der Waals surface area contributed by atoms with Crippen molar-refractivity contribution in [1.29, 1.82) is 0 Å². The molecule has 2 aliphatic heterocycles. The van der Waals surface area contributed by atoms with E-state index in [1.165, 1.54) is 24.5 Å². The maximum Gasteiger partial charge on any atom is 0.273 e. The van der Waals surface area contributed by atoms with Gasteiger partial charge < -0.3 is 50.7 Å². The lowest BCUT2D eigenvalue weighted by atomic mass is 9.97. The predicted octanol–water partition coefficient (Wildman–Crippen LogP) is -3.91.